The number of aromatic nitrogens is 1. The largest absolute Gasteiger partial charge is 0.465 e. The van der Waals surface area contributed by atoms with Gasteiger partial charge < -0.3 is 14.4 Å². The Morgan fingerprint density at radius 1 is 1.39 bits per heavy atom. The van der Waals surface area contributed by atoms with Gasteiger partial charge in [0.1, 0.15) is 0 Å². The predicted octanol–water partition coefficient (Wildman–Crippen LogP) is 2.04. The smallest absolute Gasteiger partial charge is 0.340 e. The third-order valence-electron chi connectivity index (χ3n) is 3.05. The second-order valence-corrected chi connectivity index (χ2v) is 4.43. The van der Waals surface area contributed by atoms with Gasteiger partial charge in [-0.3, -0.25) is 0 Å². The first kappa shape index (κ1) is 12.6. The van der Waals surface area contributed by atoms with Gasteiger partial charge in [-0.25, -0.2) is 4.79 Å². The normalized spacial score (nSPS) is 10.9. The molecule has 0 spiro atoms. The van der Waals surface area contributed by atoms with Gasteiger partial charge in [0.15, 0.2) is 0 Å². The number of ether oxygens (including phenoxy) is 1. The first-order valence-electron chi connectivity index (χ1n) is 5.87. The molecule has 0 atom stereocenters. The zero-order chi connectivity index (χ0) is 13.3. The van der Waals surface area contributed by atoms with Crippen LogP contribution in [0, 0.1) is 13.8 Å². The summed E-state index contributed by atoms with van der Waals surface area (Å²) in [6.45, 7) is 4.51. The molecule has 0 aliphatic rings. The minimum absolute atomic E-state index is 0.0394. The highest BCUT2D eigenvalue weighted by Gasteiger charge is 2.17. The predicted molar refractivity (Wildman–Crippen MR) is 69.8 cm³/mol. The van der Waals surface area contributed by atoms with E-state index in [0.717, 1.165) is 22.0 Å². The Bertz CT molecular complexity index is 599. The second-order valence-electron chi connectivity index (χ2n) is 4.43. The van der Waals surface area contributed by atoms with Crippen LogP contribution in [-0.4, -0.2) is 29.4 Å². The van der Waals surface area contributed by atoms with E-state index in [1.54, 1.807) is 6.20 Å². The monoisotopic (exact) mass is 247 g/mol. The number of carbonyl (C=O) groups excluding carboxylic acids is 1. The summed E-state index contributed by atoms with van der Waals surface area (Å²) in [6.07, 6.45) is 1.75. The number of rotatable bonds is 3. The molecule has 0 saturated heterocycles. The van der Waals surface area contributed by atoms with Crippen LogP contribution in [0.15, 0.2) is 18.3 Å². The fourth-order valence-electron chi connectivity index (χ4n) is 2.39. The van der Waals surface area contributed by atoms with Crippen LogP contribution in [0.25, 0.3) is 10.9 Å². The number of aliphatic hydroxyl groups excluding tert-OH is 1. The molecule has 18 heavy (non-hydrogen) atoms. The van der Waals surface area contributed by atoms with Crippen molar-refractivity contribution in [3.05, 3.63) is 35.0 Å². The number of fused-ring (bicyclic) bond motifs is 1. The van der Waals surface area contributed by atoms with Gasteiger partial charge >= 0.3 is 5.97 Å². The topological polar surface area (TPSA) is 51.5 Å². The van der Waals surface area contributed by atoms with Gasteiger partial charge in [-0.15, -0.1) is 0 Å². The molecule has 0 unspecified atom stereocenters. The molecule has 96 valence electrons. The third kappa shape index (κ3) is 1.99. The van der Waals surface area contributed by atoms with E-state index < -0.39 is 0 Å². The number of carbonyl (C=O) groups is 1. The quantitative estimate of drug-likeness (QED) is 0.844. The fraction of sp³-hybridized carbons (Fsp3) is 0.357. The molecule has 1 heterocycles. The Labute approximate surface area is 106 Å². The molecule has 0 bridgehead atoms. The van der Waals surface area contributed by atoms with Crippen molar-refractivity contribution in [3.63, 3.8) is 0 Å². The maximum atomic E-state index is 11.8. The van der Waals surface area contributed by atoms with Crippen molar-refractivity contribution in [1.29, 1.82) is 0 Å². The number of aliphatic hydroxyl groups is 1. The molecular weight excluding hydrogens is 230 g/mol. The second kappa shape index (κ2) is 4.82. The van der Waals surface area contributed by atoms with E-state index in [9.17, 15) is 4.79 Å². The summed E-state index contributed by atoms with van der Waals surface area (Å²) in [5.41, 5.74) is 3.73. The van der Waals surface area contributed by atoms with Crippen LogP contribution < -0.4 is 0 Å². The van der Waals surface area contributed by atoms with Gasteiger partial charge in [0, 0.05) is 18.1 Å². The Morgan fingerprint density at radius 2 is 2.11 bits per heavy atom. The SMILES string of the molecule is COC(=O)c1cn(CCO)c2c(C)cc(C)cc12. The molecule has 1 N–H and O–H groups in total. The molecule has 0 aliphatic heterocycles. The number of benzene rings is 1. The highest BCUT2D eigenvalue weighted by Crippen LogP contribution is 2.26. The summed E-state index contributed by atoms with van der Waals surface area (Å²) in [7, 11) is 1.38. The maximum absolute atomic E-state index is 11.8. The van der Waals surface area contributed by atoms with Crippen molar-refractivity contribution in [2.75, 3.05) is 13.7 Å². The molecule has 2 aromatic rings. The summed E-state index contributed by atoms with van der Waals surface area (Å²) < 4.78 is 6.70. The van der Waals surface area contributed by atoms with Crippen molar-refractivity contribution in [3.8, 4) is 0 Å². The average Bonchev–Trinajstić information content (AvgIpc) is 2.67. The lowest BCUT2D eigenvalue weighted by molar-refractivity contribution is 0.0602. The van der Waals surface area contributed by atoms with Gasteiger partial charge in [0.05, 0.1) is 24.8 Å². The molecule has 0 radical (unpaired) electrons. The standard InChI is InChI=1S/C14H17NO3/c1-9-6-10(2)13-11(7-9)12(14(17)18-3)8-15(13)4-5-16/h6-8,16H,4-5H2,1-3H3. The summed E-state index contributed by atoms with van der Waals surface area (Å²) in [5.74, 6) is -0.346. The molecule has 4 nitrogen and oxygen atoms in total. The fourth-order valence-corrected chi connectivity index (χ4v) is 2.39. The number of hydrogen-bond acceptors (Lipinski definition) is 3. The minimum Gasteiger partial charge on any atom is -0.465 e. The first-order chi connectivity index (χ1) is 8.58. The van der Waals surface area contributed by atoms with Gasteiger partial charge in [-0.05, 0) is 25.5 Å². The highest BCUT2D eigenvalue weighted by molar-refractivity contribution is 6.05. The number of hydrogen-bond donors (Lipinski definition) is 1. The van der Waals surface area contributed by atoms with E-state index in [1.807, 2.05) is 24.5 Å². The molecule has 1 aromatic heterocycles. The van der Waals surface area contributed by atoms with Crippen LogP contribution in [0.2, 0.25) is 0 Å². The molecule has 0 aliphatic carbocycles. The van der Waals surface area contributed by atoms with Crippen molar-refractivity contribution in [1.82, 2.24) is 4.57 Å². The Morgan fingerprint density at radius 3 is 2.72 bits per heavy atom. The average molecular weight is 247 g/mol. The lowest BCUT2D eigenvalue weighted by Gasteiger charge is -2.06. The zero-order valence-corrected chi connectivity index (χ0v) is 10.9. The van der Waals surface area contributed by atoms with E-state index >= 15 is 0 Å². The molecular formula is C14H17NO3. The first-order valence-corrected chi connectivity index (χ1v) is 5.87. The van der Waals surface area contributed by atoms with E-state index in [2.05, 4.69) is 6.07 Å². The Balaban J connectivity index is 2.76. The lowest BCUT2D eigenvalue weighted by Crippen LogP contribution is -2.02. The van der Waals surface area contributed by atoms with Crippen LogP contribution in [0.1, 0.15) is 21.5 Å². The molecule has 0 amide bonds. The van der Waals surface area contributed by atoms with Crippen LogP contribution in [0.3, 0.4) is 0 Å². The van der Waals surface area contributed by atoms with Crippen LogP contribution >= 0.6 is 0 Å². The van der Waals surface area contributed by atoms with Crippen molar-refractivity contribution in [2.45, 2.75) is 20.4 Å². The van der Waals surface area contributed by atoms with Gasteiger partial charge in [-0.2, -0.15) is 0 Å². The number of nitrogens with zero attached hydrogens (tertiary/aromatic N) is 1. The number of esters is 1. The third-order valence-corrected chi connectivity index (χ3v) is 3.05. The molecule has 0 saturated carbocycles. The highest BCUT2D eigenvalue weighted by atomic mass is 16.5. The van der Waals surface area contributed by atoms with Crippen LogP contribution in [-0.2, 0) is 11.3 Å². The van der Waals surface area contributed by atoms with Crippen molar-refractivity contribution < 1.29 is 14.6 Å². The number of aryl methyl sites for hydroxylation is 2. The zero-order valence-electron chi connectivity index (χ0n) is 10.9. The van der Waals surface area contributed by atoms with E-state index in [0.29, 0.717) is 12.1 Å². The van der Waals surface area contributed by atoms with Gasteiger partial charge in [0.2, 0.25) is 0 Å². The summed E-state index contributed by atoms with van der Waals surface area (Å²) in [5, 5.41) is 9.97. The molecule has 4 heteroatoms. The maximum Gasteiger partial charge on any atom is 0.340 e. The van der Waals surface area contributed by atoms with E-state index in [-0.39, 0.29) is 12.6 Å². The van der Waals surface area contributed by atoms with Crippen molar-refractivity contribution in [2.24, 2.45) is 0 Å². The molecule has 2 rings (SSSR count). The van der Waals surface area contributed by atoms with Crippen LogP contribution in [0.5, 0.6) is 0 Å². The molecule has 1 aromatic carbocycles. The van der Waals surface area contributed by atoms with Gasteiger partial charge in [0.25, 0.3) is 0 Å². The summed E-state index contributed by atoms with van der Waals surface area (Å²) in [6, 6.07) is 4.04. The molecule has 0 fully saturated rings. The summed E-state index contributed by atoms with van der Waals surface area (Å²) in [4.78, 5) is 11.8. The minimum atomic E-state index is -0.346. The number of methoxy groups -OCH3 is 1. The van der Waals surface area contributed by atoms with E-state index in [1.165, 1.54) is 7.11 Å². The van der Waals surface area contributed by atoms with E-state index in [4.69, 9.17) is 9.84 Å². The van der Waals surface area contributed by atoms with Crippen molar-refractivity contribution >= 4 is 16.9 Å². The Kier molecular flexibility index (Phi) is 3.39. The van der Waals surface area contributed by atoms with Crippen LogP contribution in [0.4, 0.5) is 0 Å². The Hall–Kier alpha value is -1.81. The summed E-state index contributed by atoms with van der Waals surface area (Å²) >= 11 is 0. The lowest BCUT2D eigenvalue weighted by atomic mass is 10.1. The van der Waals surface area contributed by atoms with Gasteiger partial charge in [-0.1, -0.05) is 11.6 Å².